The Morgan fingerprint density at radius 3 is 2.50 bits per heavy atom. The molecule has 14 heavy (non-hydrogen) atoms. The Bertz CT molecular complexity index is 429. The Morgan fingerprint density at radius 2 is 1.86 bits per heavy atom. The molecule has 0 heterocycles. The lowest BCUT2D eigenvalue weighted by Gasteiger charge is -2.08. The topological polar surface area (TPSA) is 0 Å². The minimum Gasteiger partial charge on any atom is -0.137 e. The largest absolute Gasteiger partial charge is 0.137 e. The summed E-state index contributed by atoms with van der Waals surface area (Å²) in [5.74, 6) is 0. The van der Waals surface area contributed by atoms with Crippen LogP contribution in [0.15, 0.2) is 53.9 Å². The van der Waals surface area contributed by atoms with Crippen LogP contribution in [0.1, 0.15) is 12.8 Å². The first kappa shape index (κ1) is 9.34. The van der Waals surface area contributed by atoms with Crippen molar-refractivity contribution in [2.75, 3.05) is 0 Å². The summed E-state index contributed by atoms with van der Waals surface area (Å²) in [5.41, 5.74) is 0. The highest BCUT2D eigenvalue weighted by Gasteiger charge is 2.02. The summed E-state index contributed by atoms with van der Waals surface area (Å²) in [6, 6.07) is 10.3. The molecule has 1 heteroatoms. The van der Waals surface area contributed by atoms with E-state index in [0.29, 0.717) is 0 Å². The average Bonchev–Trinajstić information content (AvgIpc) is 2.30. The van der Waals surface area contributed by atoms with Crippen molar-refractivity contribution in [3.63, 3.8) is 0 Å². The van der Waals surface area contributed by atoms with Gasteiger partial charge in [-0.1, -0.05) is 48.6 Å². The highest BCUT2D eigenvalue weighted by Crippen LogP contribution is 2.32. The fraction of sp³-hybridized carbons (Fsp3) is 0.154. The van der Waals surface area contributed by atoms with Gasteiger partial charge in [-0.2, -0.15) is 0 Å². The number of rotatable bonds is 0. The Hall–Kier alpha value is -1.22. The van der Waals surface area contributed by atoms with E-state index >= 15 is 0 Å². The van der Waals surface area contributed by atoms with Crippen molar-refractivity contribution in [1.82, 2.24) is 0 Å². The Labute approximate surface area is 86.0 Å². The van der Waals surface area contributed by atoms with E-state index in [4.69, 9.17) is 6.13 Å². The lowest BCUT2D eigenvalue weighted by molar-refractivity contribution is 1.03. The van der Waals surface area contributed by atoms with E-state index in [1.54, 1.807) is 0 Å². The molecule has 0 nitrogen and oxygen atoms in total. The molecule has 0 fully saturated rings. The minimum absolute atomic E-state index is 0.620. The fourth-order valence-corrected chi connectivity index (χ4v) is 2.90. The van der Waals surface area contributed by atoms with Gasteiger partial charge in [0.1, 0.15) is 0 Å². The molecule has 70 valence electrons. The van der Waals surface area contributed by atoms with Crippen LogP contribution < -0.4 is 5.30 Å². The molecule has 0 N–H and O–H groups in total. The number of allylic oxidation sites excluding steroid dienone is 4. The Kier molecular flexibility index (Phi) is 2.89. The molecule has 0 spiro atoms. The first-order valence-electron chi connectivity index (χ1n) is 4.84. The normalized spacial score (nSPS) is 16.2. The van der Waals surface area contributed by atoms with Crippen molar-refractivity contribution < 1.29 is 0 Å². The molecule has 0 saturated carbocycles. The molecule has 1 atom stereocenters. The second-order valence-corrected chi connectivity index (χ2v) is 5.09. The maximum absolute atomic E-state index is 6.22. The predicted octanol–water partition coefficient (Wildman–Crippen LogP) is 3.62. The van der Waals surface area contributed by atoms with Crippen molar-refractivity contribution in [3.05, 3.63) is 53.9 Å². The van der Waals surface area contributed by atoms with E-state index in [2.05, 4.69) is 30.4 Å². The van der Waals surface area contributed by atoms with Gasteiger partial charge in [0.25, 0.3) is 0 Å². The van der Waals surface area contributed by atoms with Crippen LogP contribution in [0, 0.1) is 6.13 Å². The summed E-state index contributed by atoms with van der Waals surface area (Å²) in [6.07, 6.45) is 15.1. The van der Waals surface area contributed by atoms with Crippen LogP contribution in [0.25, 0.3) is 0 Å². The van der Waals surface area contributed by atoms with Gasteiger partial charge in [-0.05, 0) is 20.2 Å². The average molecular weight is 200 g/mol. The van der Waals surface area contributed by atoms with Gasteiger partial charge in [0.15, 0.2) is 0 Å². The first-order valence-corrected chi connectivity index (χ1v) is 6.25. The Balaban J connectivity index is 2.26. The monoisotopic (exact) mass is 200 g/mol. The molecule has 2 rings (SSSR count). The molecular formula is C13H13P. The summed E-state index contributed by atoms with van der Waals surface area (Å²) in [6.45, 7) is 0. The van der Waals surface area contributed by atoms with Gasteiger partial charge in [0, 0.05) is 10.6 Å². The summed E-state index contributed by atoms with van der Waals surface area (Å²) in [4.78, 5) is 0. The van der Waals surface area contributed by atoms with Crippen LogP contribution in [0.4, 0.5) is 0 Å². The second-order valence-electron chi connectivity index (χ2n) is 3.31. The quantitative estimate of drug-likeness (QED) is 0.561. The third kappa shape index (κ3) is 1.99. The smallest absolute Gasteiger partial charge is 0.00507 e. The first-order chi connectivity index (χ1) is 6.88. The molecule has 1 aliphatic carbocycles. The van der Waals surface area contributed by atoms with Crippen molar-refractivity contribution in [2.45, 2.75) is 12.8 Å². The Morgan fingerprint density at radius 1 is 1.07 bits per heavy atom. The van der Waals surface area contributed by atoms with Crippen LogP contribution in [-0.4, -0.2) is 0 Å². The van der Waals surface area contributed by atoms with Gasteiger partial charge in [-0.15, -0.1) is 6.13 Å². The highest BCUT2D eigenvalue weighted by molar-refractivity contribution is 7.59. The highest BCUT2D eigenvalue weighted by atomic mass is 31.1. The SMILES string of the molecule is C#P(C1=CCCC=C1)c1ccccc1. The number of hydrogen-bond donors (Lipinski definition) is 0. The van der Waals surface area contributed by atoms with Crippen molar-refractivity contribution in [3.8, 4) is 6.13 Å². The van der Waals surface area contributed by atoms with E-state index < -0.39 is 7.38 Å². The molecular weight excluding hydrogens is 187 g/mol. The maximum atomic E-state index is 6.22. The molecule has 0 radical (unpaired) electrons. The fourth-order valence-electron chi connectivity index (χ4n) is 1.52. The number of hydrogen-bond acceptors (Lipinski definition) is 0. The van der Waals surface area contributed by atoms with Crippen LogP contribution in [0.2, 0.25) is 0 Å². The van der Waals surface area contributed by atoms with Crippen molar-refractivity contribution in [1.29, 1.82) is 0 Å². The van der Waals surface area contributed by atoms with E-state index in [1.165, 1.54) is 10.6 Å². The lowest BCUT2D eigenvalue weighted by atomic mass is 10.2. The van der Waals surface area contributed by atoms with Crippen LogP contribution in [0.5, 0.6) is 0 Å². The predicted molar refractivity (Wildman–Crippen MR) is 64.4 cm³/mol. The van der Waals surface area contributed by atoms with E-state index in [9.17, 15) is 0 Å². The summed E-state index contributed by atoms with van der Waals surface area (Å²) < 4.78 is 0. The van der Waals surface area contributed by atoms with E-state index in [-0.39, 0.29) is 0 Å². The minimum atomic E-state index is -0.620. The van der Waals surface area contributed by atoms with Crippen LogP contribution in [-0.2, 0) is 0 Å². The van der Waals surface area contributed by atoms with Gasteiger partial charge in [0.05, 0.1) is 0 Å². The molecule has 0 amide bonds. The summed E-state index contributed by atoms with van der Waals surface area (Å²) in [7, 11) is -0.620. The van der Waals surface area contributed by atoms with Gasteiger partial charge in [-0.3, -0.25) is 0 Å². The molecule has 0 saturated heterocycles. The molecule has 0 aromatic heterocycles. The van der Waals surface area contributed by atoms with Crippen LogP contribution in [0.3, 0.4) is 0 Å². The number of benzene rings is 1. The van der Waals surface area contributed by atoms with Crippen molar-refractivity contribution in [2.24, 2.45) is 0 Å². The van der Waals surface area contributed by atoms with Crippen molar-refractivity contribution >= 4 is 12.7 Å². The third-order valence-electron chi connectivity index (χ3n) is 2.29. The van der Waals surface area contributed by atoms with E-state index in [1.807, 2.05) is 18.2 Å². The van der Waals surface area contributed by atoms with Crippen LogP contribution >= 0.6 is 7.38 Å². The standard InChI is InChI=1S/C13H13P/c1-14(12-8-4-2-5-9-12)13-10-6-3-7-11-13/h1-2,4-6,8-11H,3,7H2. The second kappa shape index (κ2) is 4.33. The third-order valence-corrected chi connectivity index (χ3v) is 4.03. The zero-order valence-corrected chi connectivity index (χ0v) is 8.95. The molecule has 1 aliphatic rings. The zero-order valence-electron chi connectivity index (χ0n) is 8.06. The molecule has 1 aromatic rings. The molecule has 0 aliphatic heterocycles. The molecule has 1 unspecified atom stereocenters. The van der Waals surface area contributed by atoms with Gasteiger partial charge in [-0.25, -0.2) is 0 Å². The summed E-state index contributed by atoms with van der Waals surface area (Å²) in [5, 5.41) is 2.55. The van der Waals surface area contributed by atoms with Gasteiger partial charge in [0.2, 0.25) is 0 Å². The maximum Gasteiger partial charge on any atom is 0.00507 e. The molecule has 0 bridgehead atoms. The molecule has 1 aromatic carbocycles. The van der Waals surface area contributed by atoms with Gasteiger partial charge < -0.3 is 0 Å². The summed E-state index contributed by atoms with van der Waals surface area (Å²) >= 11 is 0. The zero-order chi connectivity index (χ0) is 9.80. The lowest BCUT2D eigenvalue weighted by Crippen LogP contribution is -1.94. The van der Waals surface area contributed by atoms with Gasteiger partial charge >= 0.3 is 0 Å². The van der Waals surface area contributed by atoms with E-state index in [0.717, 1.165) is 12.8 Å².